The SMILES string of the molecule is CC1=CC(=O)CC(C)(C)C1.CCCCN(CCCC)c1ccc(/C=C/C2=CC(=O)CC(C)(C)C2)c(OC)c1.CCCCN(CCCC)c1ccc(C=O)c(OC)c1.CC[O-].[Na+]. The summed E-state index contributed by atoms with van der Waals surface area (Å²) in [6.45, 7) is 25.3. The van der Waals surface area contributed by atoms with Crippen LogP contribution in [-0.2, 0) is 9.59 Å². The summed E-state index contributed by atoms with van der Waals surface area (Å²) in [7, 11) is 3.33. The summed E-state index contributed by atoms with van der Waals surface area (Å²) in [5.74, 6) is 2.05. The summed E-state index contributed by atoms with van der Waals surface area (Å²) in [4.78, 5) is 38.8. The summed E-state index contributed by atoms with van der Waals surface area (Å²) in [5, 5.41) is 8.93. The minimum absolute atomic E-state index is 0. The standard InChI is InChI=1S/C25H37NO2.C16H25NO2.C9H14O.C2H5O.Na/c1-6-8-14-26(15-9-7-2)22-13-12-21(24(17-22)28-5)11-10-20-16-23(27)19-25(3,4)18-20;1-4-6-10-17(11-7-5-2)15-9-8-14(13-18)16(12-15)19-3;1-7-4-8(10)6-9(2,3)5-7;1-2-3;/h10-13,16-17H,6-9,14-15,18-19H2,1-5H3;8-9,12-13H,4-7,10-11H2,1-3H3;4H,5-6H2,1-3H3;2H2,1H3;/q;;;-1;+1/b11-10+;;;;. The number of nitrogens with zero attached hydrogens (tertiary/aromatic N) is 2. The van der Waals surface area contributed by atoms with E-state index in [-0.39, 0.29) is 58.6 Å². The summed E-state index contributed by atoms with van der Waals surface area (Å²) in [6.07, 6.45) is 21.4. The predicted octanol–water partition coefficient (Wildman–Crippen LogP) is 9.04. The van der Waals surface area contributed by atoms with E-state index in [0.717, 1.165) is 67.9 Å². The number of ether oxygens (including phenoxy) is 2. The number of ketones is 2. The number of aldehydes is 1. The van der Waals surface area contributed by atoms with Crippen LogP contribution in [0.4, 0.5) is 11.4 Å². The largest absolute Gasteiger partial charge is 1.00 e. The Labute approximate surface area is 393 Å². The van der Waals surface area contributed by atoms with Gasteiger partial charge in [0.25, 0.3) is 0 Å². The molecule has 2 aliphatic rings. The van der Waals surface area contributed by atoms with E-state index in [1.807, 2.05) is 25.1 Å². The van der Waals surface area contributed by atoms with Gasteiger partial charge in [0.15, 0.2) is 17.9 Å². The molecule has 0 unspecified atom stereocenters. The number of unbranched alkanes of at least 4 members (excludes halogenated alkanes) is 4. The Morgan fingerprint density at radius 1 is 0.623 bits per heavy atom. The van der Waals surface area contributed by atoms with E-state index in [2.05, 4.69) is 95.5 Å². The molecule has 0 spiro atoms. The van der Waals surface area contributed by atoms with Crippen LogP contribution in [0.2, 0.25) is 0 Å². The fourth-order valence-corrected chi connectivity index (χ4v) is 7.53. The molecular formula is C52H81N2NaO6. The average Bonchev–Trinajstić information content (AvgIpc) is 3.19. The van der Waals surface area contributed by atoms with E-state index in [1.54, 1.807) is 33.3 Å². The van der Waals surface area contributed by atoms with Gasteiger partial charge in [0.1, 0.15) is 11.5 Å². The van der Waals surface area contributed by atoms with Crippen LogP contribution in [0.3, 0.4) is 0 Å². The number of carbonyl (C=O) groups excluding carboxylic acids is 3. The summed E-state index contributed by atoms with van der Waals surface area (Å²) in [5.41, 5.74) is 6.59. The zero-order chi connectivity index (χ0) is 45.1. The monoisotopic (exact) mass is 853 g/mol. The molecule has 0 bridgehead atoms. The molecule has 0 aromatic heterocycles. The van der Waals surface area contributed by atoms with E-state index in [0.29, 0.717) is 24.2 Å². The van der Waals surface area contributed by atoms with E-state index in [4.69, 9.17) is 14.6 Å². The molecule has 9 heteroatoms. The van der Waals surface area contributed by atoms with Crippen molar-refractivity contribution in [3.63, 3.8) is 0 Å². The van der Waals surface area contributed by atoms with Crippen LogP contribution in [0.25, 0.3) is 6.08 Å². The quantitative estimate of drug-likeness (QED) is 0.102. The normalized spacial score (nSPS) is 15.0. The molecular weight excluding hydrogens is 772 g/mol. The van der Waals surface area contributed by atoms with Crippen LogP contribution in [0, 0.1) is 10.8 Å². The molecule has 2 aromatic rings. The second-order valence-corrected chi connectivity index (χ2v) is 17.7. The first kappa shape index (κ1) is 57.8. The molecule has 2 aliphatic carbocycles. The summed E-state index contributed by atoms with van der Waals surface area (Å²) < 4.78 is 11.0. The van der Waals surface area contributed by atoms with Crippen molar-refractivity contribution in [1.82, 2.24) is 0 Å². The van der Waals surface area contributed by atoms with Crippen LogP contribution < -0.4 is 53.9 Å². The van der Waals surface area contributed by atoms with Gasteiger partial charge >= 0.3 is 29.6 Å². The predicted molar refractivity (Wildman–Crippen MR) is 253 cm³/mol. The van der Waals surface area contributed by atoms with Gasteiger partial charge < -0.3 is 24.4 Å². The van der Waals surface area contributed by atoms with Crippen LogP contribution in [0.15, 0.2) is 65.8 Å². The zero-order valence-corrected chi connectivity index (χ0v) is 42.7. The fourth-order valence-electron chi connectivity index (χ4n) is 7.53. The topological polar surface area (TPSA) is 99.2 Å². The van der Waals surface area contributed by atoms with Gasteiger partial charge in [-0.25, -0.2) is 0 Å². The summed E-state index contributed by atoms with van der Waals surface area (Å²) in [6, 6.07) is 12.3. The maximum Gasteiger partial charge on any atom is 1.00 e. The molecule has 4 rings (SSSR count). The second-order valence-electron chi connectivity index (χ2n) is 17.7. The third-order valence-corrected chi connectivity index (χ3v) is 10.4. The Morgan fingerprint density at radius 2 is 1.02 bits per heavy atom. The van der Waals surface area contributed by atoms with Crippen molar-refractivity contribution < 1.29 is 58.5 Å². The fraction of sp³-hybridized carbons (Fsp3) is 0.596. The second kappa shape index (κ2) is 31.6. The van der Waals surface area contributed by atoms with Crippen molar-refractivity contribution in [2.24, 2.45) is 10.8 Å². The number of benzene rings is 2. The van der Waals surface area contributed by atoms with E-state index in [9.17, 15) is 14.4 Å². The molecule has 61 heavy (non-hydrogen) atoms. The number of methoxy groups -OCH3 is 2. The third-order valence-electron chi connectivity index (χ3n) is 10.4. The van der Waals surface area contributed by atoms with Gasteiger partial charge in [-0.05, 0) is 98.3 Å². The van der Waals surface area contributed by atoms with Crippen molar-refractivity contribution in [3.8, 4) is 11.5 Å². The van der Waals surface area contributed by atoms with Gasteiger partial charge in [-0.3, -0.25) is 14.4 Å². The third kappa shape index (κ3) is 23.2. The van der Waals surface area contributed by atoms with Crippen molar-refractivity contribution >= 4 is 35.3 Å². The van der Waals surface area contributed by atoms with E-state index < -0.39 is 0 Å². The molecule has 0 aliphatic heterocycles. The molecule has 0 N–H and O–H groups in total. The molecule has 0 amide bonds. The molecule has 0 fully saturated rings. The maximum atomic E-state index is 12.0. The number of rotatable bonds is 19. The number of carbonyl (C=O) groups is 3. The van der Waals surface area contributed by atoms with Gasteiger partial charge in [-0.2, -0.15) is 0 Å². The van der Waals surface area contributed by atoms with Gasteiger partial charge in [0, 0.05) is 68.1 Å². The smallest absolute Gasteiger partial charge is 0.855 e. The Morgan fingerprint density at radius 3 is 1.38 bits per heavy atom. The number of anilines is 2. The Bertz CT molecular complexity index is 1660. The first-order valence-electron chi connectivity index (χ1n) is 22.6. The summed E-state index contributed by atoms with van der Waals surface area (Å²) >= 11 is 0. The Balaban J connectivity index is 0.000000937. The van der Waals surface area contributed by atoms with Gasteiger partial charge in [-0.1, -0.05) is 106 Å². The minimum Gasteiger partial charge on any atom is -0.855 e. The molecule has 2 aromatic carbocycles. The molecule has 8 nitrogen and oxygen atoms in total. The first-order valence-corrected chi connectivity index (χ1v) is 22.6. The average molecular weight is 853 g/mol. The van der Waals surface area contributed by atoms with Crippen molar-refractivity contribution in [1.29, 1.82) is 0 Å². The molecule has 0 radical (unpaired) electrons. The van der Waals surface area contributed by atoms with Crippen molar-refractivity contribution in [2.45, 2.75) is 146 Å². The van der Waals surface area contributed by atoms with Gasteiger partial charge in [0.2, 0.25) is 0 Å². The number of hydrogen-bond donors (Lipinski definition) is 0. The Kier molecular flexibility index (Phi) is 30.0. The molecule has 336 valence electrons. The molecule has 0 saturated heterocycles. The zero-order valence-electron chi connectivity index (χ0n) is 40.7. The molecule has 0 heterocycles. The minimum atomic E-state index is 0. The van der Waals surface area contributed by atoms with Crippen LogP contribution >= 0.6 is 0 Å². The van der Waals surface area contributed by atoms with Crippen molar-refractivity contribution in [3.05, 3.63) is 76.9 Å². The van der Waals surface area contributed by atoms with E-state index in [1.165, 1.54) is 62.6 Å². The van der Waals surface area contributed by atoms with Gasteiger partial charge in [-0.15, -0.1) is 6.61 Å². The van der Waals surface area contributed by atoms with Crippen LogP contribution in [-0.4, -0.2) is 64.9 Å². The number of hydrogen-bond acceptors (Lipinski definition) is 8. The number of allylic oxidation sites excluding steroid dienone is 5. The van der Waals surface area contributed by atoms with Gasteiger partial charge in [0.05, 0.1) is 19.8 Å². The van der Waals surface area contributed by atoms with E-state index >= 15 is 0 Å². The van der Waals surface area contributed by atoms with Crippen LogP contribution in [0.1, 0.15) is 162 Å². The van der Waals surface area contributed by atoms with Crippen molar-refractivity contribution in [2.75, 3.05) is 56.8 Å². The Hall–Kier alpha value is -3.17. The molecule has 0 atom stereocenters. The maximum absolute atomic E-state index is 12.0. The first-order chi connectivity index (χ1) is 28.5. The molecule has 0 saturated carbocycles. The van der Waals surface area contributed by atoms with Crippen LogP contribution in [0.5, 0.6) is 11.5 Å².